The van der Waals surface area contributed by atoms with Gasteiger partial charge in [0.05, 0.1) is 131 Å². The van der Waals surface area contributed by atoms with Gasteiger partial charge in [-0.2, -0.15) is 26.8 Å². The smallest absolute Gasteiger partial charge is 0.342 e. The van der Waals surface area contributed by atoms with Crippen LogP contribution in [-0.2, 0) is 70.1 Å². The highest BCUT2D eigenvalue weighted by atomic mass is 35.5. The Balaban J connectivity index is 0.918. The quantitative estimate of drug-likeness (QED) is 0.00812. The number of thioether (sulfide) groups is 1. The van der Waals surface area contributed by atoms with Gasteiger partial charge >= 0.3 is 21.2 Å². The molecule has 0 aliphatic carbocycles. The van der Waals surface area contributed by atoms with Crippen LogP contribution in [0, 0.1) is 22.9 Å². The number of ether oxygens (including phenoxy) is 10. The van der Waals surface area contributed by atoms with Gasteiger partial charge in [-0.15, -0.1) is 0 Å². The Labute approximate surface area is 457 Å². The first-order valence-corrected chi connectivity index (χ1v) is 29.1. The molecule has 1 aromatic carbocycles. The minimum Gasteiger partial charge on any atom is -0.420 e. The molecule has 1 aromatic heterocycles. The molecule has 34 heteroatoms. The van der Waals surface area contributed by atoms with Crippen molar-refractivity contribution >= 4 is 74.3 Å². The predicted octanol–water partition coefficient (Wildman–Crippen LogP) is 2.48. The molecule has 4 rings (SSSR count). The Morgan fingerprint density at radius 2 is 1.42 bits per heavy atom. The fourth-order valence-corrected chi connectivity index (χ4v) is 11.4. The maximum atomic E-state index is 13.6. The molecular formula is C44H68ClF3N8O19P2S. The lowest BCUT2D eigenvalue weighted by Crippen LogP contribution is -2.50. The third-order valence-corrected chi connectivity index (χ3v) is 16.5. The SMILES string of the molecule is COP(=O)(CP(=O)(O)OC[C@H]1O[C@@H](Nc2nc(Cl)nc(N3CC(SCCOCCOCCOCCOC/C(C=NCCOCCOCCOCCOCCC(=O)Oc4c(F)cc(F)cc4F)=N/N)C3)c2C=N)[C@H](O)[C@@H]1O)OC. The second-order valence-electron chi connectivity index (χ2n) is 16.3. The number of aliphatic hydroxyl groups is 2. The van der Waals surface area contributed by atoms with Crippen molar-refractivity contribution in [3.05, 3.63) is 40.4 Å². The highest BCUT2D eigenvalue weighted by molar-refractivity contribution is 8.00. The highest BCUT2D eigenvalue weighted by Crippen LogP contribution is 2.60. The lowest BCUT2D eigenvalue weighted by atomic mass is 10.1. The lowest BCUT2D eigenvalue weighted by Gasteiger charge is -2.40. The van der Waals surface area contributed by atoms with E-state index in [1.807, 2.05) is 4.90 Å². The molecular weight excluding hydrogens is 1130 g/mol. The molecule has 442 valence electrons. The van der Waals surface area contributed by atoms with Crippen molar-refractivity contribution in [1.29, 1.82) is 5.41 Å². The summed E-state index contributed by atoms with van der Waals surface area (Å²) in [5.74, 6) is -0.0122. The fraction of sp³-hybridized carbons (Fsp3) is 0.682. The number of hydrogen-bond donors (Lipinski definition) is 6. The van der Waals surface area contributed by atoms with Crippen LogP contribution in [0.4, 0.5) is 24.8 Å². The predicted molar refractivity (Wildman–Crippen MR) is 278 cm³/mol. The van der Waals surface area contributed by atoms with Crippen LogP contribution in [0.1, 0.15) is 12.0 Å². The molecule has 2 saturated heterocycles. The number of hydrogen-bond acceptors (Lipinski definition) is 27. The number of hydrazone groups is 1. The largest absolute Gasteiger partial charge is 0.420 e. The summed E-state index contributed by atoms with van der Waals surface area (Å²) < 4.78 is 133. The second kappa shape index (κ2) is 36.7. The molecule has 0 spiro atoms. The number of carbonyl (C=O) groups is 1. The van der Waals surface area contributed by atoms with E-state index in [1.165, 1.54) is 6.21 Å². The van der Waals surface area contributed by atoms with Crippen molar-refractivity contribution in [3.8, 4) is 5.75 Å². The molecule has 78 heavy (non-hydrogen) atoms. The van der Waals surface area contributed by atoms with Gasteiger partial charge in [-0.25, -0.2) is 13.2 Å². The first-order valence-electron chi connectivity index (χ1n) is 24.1. The van der Waals surface area contributed by atoms with E-state index in [0.717, 1.165) is 26.2 Å². The van der Waals surface area contributed by atoms with E-state index in [9.17, 15) is 42.2 Å². The normalized spacial score (nSPS) is 18.9. The van der Waals surface area contributed by atoms with Crippen molar-refractivity contribution in [2.75, 3.05) is 168 Å². The third kappa shape index (κ3) is 24.7. The Bertz CT molecular complexity index is 2260. The zero-order chi connectivity index (χ0) is 56.8. The fourth-order valence-electron chi connectivity index (χ4n) is 6.63. The van der Waals surface area contributed by atoms with Gasteiger partial charge in [0.15, 0.2) is 23.8 Å². The summed E-state index contributed by atoms with van der Waals surface area (Å²) in [6, 6.07) is 0.823. The van der Waals surface area contributed by atoms with E-state index < -0.39 is 81.4 Å². The van der Waals surface area contributed by atoms with Crippen molar-refractivity contribution in [2.45, 2.75) is 36.2 Å². The van der Waals surface area contributed by atoms with Crippen LogP contribution in [0.25, 0.3) is 0 Å². The van der Waals surface area contributed by atoms with E-state index in [2.05, 4.69) is 39.2 Å². The van der Waals surface area contributed by atoms with Crippen molar-refractivity contribution in [2.24, 2.45) is 15.9 Å². The van der Waals surface area contributed by atoms with Gasteiger partial charge in [-0.3, -0.25) is 18.9 Å². The maximum absolute atomic E-state index is 13.6. The standard InChI is InChI=1S/C44H68ClF3N8O19P2S/c1-63-77(62,64-2)29-76(60,61)73-28-36-38(58)39(59)43(74-36)52-41-33(23-49)42(54-44(45)53-41)56-25-32(26-56)78-20-19-71-16-15-69-13-14-70-17-18-72-27-31(55-50)24-51-4-6-66-8-10-68-12-11-67-9-7-65-5-3-37(57)75-40-34(47)21-30(46)22-35(40)48/h21-24,32,36,38-39,43,49,58-59H,3-20,25-29,50H2,1-2H3,(H,60,61)(H,52,53,54)/b49-23?,51-24?,55-31+/t36-,38-,39-,43-/m1/s1. The molecule has 2 aliphatic heterocycles. The number of nitrogens with zero attached hydrogens (tertiary/aromatic N) is 5. The Morgan fingerprint density at radius 3 is 1.99 bits per heavy atom. The Hall–Kier alpha value is -3.53. The molecule has 0 bridgehead atoms. The molecule has 5 atom stereocenters. The lowest BCUT2D eigenvalue weighted by molar-refractivity contribution is -0.136. The van der Waals surface area contributed by atoms with Crippen molar-refractivity contribution in [3.63, 3.8) is 0 Å². The number of aliphatic hydroxyl groups excluding tert-OH is 2. The van der Waals surface area contributed by atoms with E-state index in [-0.39, 0.29) is 54.8 Å². The summed E-state index contributed by atoms with van der Waals surface area (Å²) in [5, 5.41) is 36.0. The topological polar surface area (TPSA) is 348 Å². The molecule has 0 radical (unpaired) electrons. The number of benzene rings is 1. The maximum Gasteiger partial charge on any atom is 0.342 e. The Morgan fingerprint density at radius 1 is 0.872 bits per heavy atom. The van der Waals surface area contributed by atoms with Gasteiger partial charge in [-0.05, 0) is 11.6 Å². The van der Waals surface area contributed by atoms with E-state index in [4.69, 9.17) is 70.0 Å². The number of halogens is 4. The number of aliphatic imine (C=N–C) groups is 1. The summed E-state index contributed by atoms with van der Waals surface area (Å²) in [7, 11) is -6.33. The van der Waals surface area contributed by atoms with Crippen molar-refractivity contribution in [1.82, 2.24) is 9.97 Å². The molecule has 7 N–H and O–H groups in total. The average Bonchev–Trinajstić information content (AvgIpc) is 3.72. The molecule has 2 aliphatic rings. The minimum atomic E-state index is -4.53. The zero-order valence-electron chi connectivity index (χ0n) is 43.0. The van der Waals surface area contributed by atoms with E-state index >= 15 is 0 Å². The number of aromatic nitrogens is 2. The number of nitrogens with two attached hydrogens (primary N) is 1. The number of nitrogens with one attached hydrogen (secondary N) is 2. The van der Waals surface area contributed by atoms with Gasteiger partial charge in [0.1, 0.15) is 41.5 Å². The van der Waals surface area contributed by atoms with Gasteiger partial charge in [0.25, 0.3) is 0 Å². The second-order valence-corrected chi connectivity index (χ2v) is 22.7. The van der Waals surface area contributed by atoms with Crippen LogP contribution in [0.2, 0.25) is 5.28 Å². The first kappa shape index (κ1) is 67.0. The van der Waals surface area contributed by atoms with Crippen LogP contribution >= 0.6 is 38.6 Å². The van der Waals surface area contributed by atoms with Crippen LogP contribution < -0.4 is 20.8 Å². The molecule has 0 amide bonds. The Kier molecular flexibility index (Phi) is 31.6. The minimum absolute atomic E-state index is 0.0478. The van der Waals surface area contributed by atoms with Crippen LogP contribution in [0.3, 0.4) is 0 Å². The molecule has 3 heterocycles. The van der Waals surface area contributed by atoms with Crippen LogP contribution in [-0.4, -0.2) is 237 Å². The van der Waals surface area contributed by atoms with E-state index in [1.54, 1.807) is 11.8 Å². The summed E-state index contributed by atoms with van der Waals surface area (Å²) in [5.41, 5.74) is 0.692. The summed E-state index contributed by atoms with van der Waals surface area (Å²) >= 11 is 7.97. The van der Waals surface area contributed by atoms with Crippen molar-refractivity contribution < 1.29 is 103 Å². The highest BCUT2D eigenvalue weighted by Gasteiger charge is 2.45. The molecule has 2 aromatic rings. The number of anilines is 2. The number of esters is 1. The van der Waals surface area contributed by atoms with Crippen LogP contribution in [0.5, 0.6) is 5.75 Å². The van der Waals surface area contributed by atoms with Gasteiger partial charge < -0.3 is 97.5 Å². The van der Waals surface area contributed by atoms with Gasteiger partial charge in [-0.1, -0.05) is 0 Å². The third-order valence-electron chi connectivity index (χ3n) is 10.6. The van der Waals surface area contributed by atoms with Gasteiger partial charge in [0, 0.05) is 62.9 Å². The summed E-state index contributed by atoms with van der Waals surface area (Å²) in [6.07, 6.45) is -3.42. The monoisotopic (exact) mass is 1200 g/mol. The molecule has 27 nitrogen and oxygen atoms in total. The average molecular weight is 1200 g/mol. The first-order chi connectivity index (χ1) is 37.5. The number of rotatable bonds is 43. The zero-order valence-corrected chi connectivity index (χ0v) is 46.3. The summed E-state index contributed by atoms with van der Waals surface area (Å²) in [6.45, 7) is 5.74. The molecule has 1 unspecified atom stereocenters. The van der Waals surface area contributed by atoms with Gasteiger partial charge in [0.2, 0.25) is 11.0 Å². The molecule has 2 fully saturated rings. The molecule has 0 saturated carbocycles. The van der Waals surface area contributed by atoms with Crippen LogP contribution in [0.15, 0.2) is 22.2 Å². The summed E-state index contributed by atoms with van der Waals surface area (Å²) in [4.78, 5) is 36.5. The number of carbonyl (C=O) groups excluding carboxylic acids is 1. The van der Waals surface area contributed by atoms with E-state index in [0.29, 0.717) is 123 Å².